The molecule has 2 saturated heterocycles. The highest BCUT2D eigenvalue weighted by molar-refractivity contribution is 5.75. The molecule has 2 atom stereocenters. The van der Waals surface area contributed by atoms with E-state index >= 15 is 0 Å². The van der Waals surface area contributed by atoms with E-state index < -0.39 is 0 Å². The molecule has 4 rings (SSSR count). The lowest BCUT2D eigenvalue weighted by Gasteiger charge is -2.25. The van der Waals surface area contributed by atoms with Gasteiger partial charge in [-0.2, -0.15) is 0 Å². The molecule has 1 aromatic rings. The van der Waals surface area contributed by atoms with Gasteiger partial charge in [-0.3, -0.25) is 0 Å². The molecule has 21 heavy (non-hydrogen) atoms. The number of carbonyl (C=O) groups is 1. The topological polar surface area (TPSA) is 36.4 Å². The lowest BCUT2D eigenvalue weighted by atomic mass is 10.1. The molecule has 3 aliphatic rings. The number of carbonyl (C=O) groups excluding carboxylic acids is 1. The van der Waals surface area contributed by atoms with E-state index in [1.807, 2.05) is 28.0 Å². The molecular weight excluding hydrogens is 262 g/mol. The van der Waals surface area contributed by atoms with Crippen LogP contribution in [-0.2, 0) is 0 Å². The third-order valence-corrected chi connectivity index (χ3v) is 4.90. The van der Waals surface area contributed by atoms with Crippen LogP contribution in [0.3, 0.4) is 0 Å². The Bertz CT molecular complexity index is 612. The summed E-state index contributed by atoms with van der Waals surface area (Å²) >= 11 is 0. The first kappa shape index (κ1) is 12.7. The maximum Gasteiger partial charge on any atom is 0.320 e. The van der Waals surface area contributed by atoms with E-state index in [1.165, 1.54) is 0 Å². The van der Waals surface area contributed by atoms with Gasteiger partial charge in [-0.15, -0.1) is 0 Å². The van der Waals surface area contributed by atoms with E-state index in [0.29, 0.717) is 5.92 Å². The van der Waals surface area contributed by atoms with Crippen LogP contribution in [0.2, 0.25) is 0 Å². The van der Waals surface area contributed by atoms with Crippen LogP contribution in [0.1, 0.15) is 25.0 Å². The van der Waals surface area contributed by atoms with Crippen molar-refractivity contribution in [3.05, 3.63) is 30.1 Å². The van der Waals surface area contributed by atoms with Crippen molar-refractivity contribution in [2.75, 3.05) is 26.2 Å². The van der Waals surface area contributed by atoms with Crippen molar-refractivity contribution in [2.24, 2.45) is 11.3 Å². The molecule has 0 spiro atoms. The average Bonchev–Trinajstić information content (AvgIpc) is 2.92. The molecule has 0 radical (unpaired) electrons. The molecule has 2 unspecified atom stereocenters. The molecule has 0 N–H and O–H groups in total. The number of rotatable bonds is 0. The van der Waals surface area contributed by atoms with Crippen molar-refractivity contribution in [2.45, 2.75) is 19.3 Å². The van der Waals surface area contributed by atoms with Gasteiger partial charge in [0.05, 0.1) is 5.41 Å². The molecule has 108 valence electrons. The van der Waals surface area contributed by atoms with Crippen LogP contribution in [0, 0.1) is 23.2 Å². The van der Waals surface area contributed by atoms with Gasteiger partial charge in [-0.1, -0.05) is 12.0 Å². The quantitative estimate of drug-likeness (QED) is 0.682. The predicted molar refractivity (Wildman–Crippen MR) is 79.4 cm³/mol. The Morgan fingerprint density at radius 2 is 2.14 bits per heavy atom. The van der Waals surface area contributed by atoms with E-state index in [4.69, 9.17) is 0 Å². The number of pyridine rings is 1. The summed E-state index contributed by atoms with van der Waals surface area (Å²) in [5, 5.41) is 0. The number of hydrogen-bond donors (Lipinski definition) is 0. The standard InChI is InChI=1S/C17H19N3O/c21-16(19-9-3-4-10-19)20-12-14-11-17(14,13-20)7-6-15-5-1-2-8-18-15/h1-2,5,8,14H,3-4,9-13H2. The second-order valence-corrected chi connectivity index (χ2v) is 6.38. The van der Waals surface area contributed by atoms with Crippen molar-refractivity contribution >= 4 is 6.03 Å². The summed E-state index contributed by atoms with van der Waals surface area (Å²) in [7, 11) is 0. The first-order valence-electron chi connectivity index (χ1n) is 7.75. The van der Waals surface area contributed by atoms with E-state index in [1.54, 1.807) is 6.20 Å². The van der Waals surface area contributed by atoms with Crippen LogP contribution >= 0.6 is 0 Å². The molecule has 2 amide bonds. The fourth-order valence-corrected chi connectivity index (χ4v) is 3.56. The molecule has 3 fully saturated rings. The molecular formula is C17H19N3O. The molecule has 3 heterocycles. The fourth-order valence-electron chi connectivity index (χ4n) is 3.56. The van der Waals surface area contributed by atoms with Gasteiger partial charge in [0.1, 0.15) is 5.69 Å². The SMILES string of the molecule is O=C(N1CCCC1)N1CC2CC2(C#Cc2ccccn2)C1. The molecule has 2 aliphatic heterocycles. The Morgan fingerprint density at radius 1 is 1.29 bits per heavy atom. The average molecular weight is 281 g/mol. The number of fused-ring (bicyclic) bond motifs is 1. The Labute approximate surface area is 125 Å². The number of hydrogen-bond acceptors (Lipinski definition) is 2. The van der Waals surface area contributed by atoms with Crippen molar-refractivity contribution in [3.8, 4) is 11.8 Å². The predicted octanol–water partition coefficient (Wildman–Crippen LogP) is 1.97. The third-order valence-electron chi connectivity index (χ3n) is 4.90. The Hall–Kier alpha value is -2.02. The molecule has 1 aliphatic carbocycles. The number of urea groups is 1. The number of likely N-dealkylation sites (tertiary alicyclic amines) is 2. The first-order chi connectivity index (χ1) is 10.3. The Morgan fingerprint density at radius 3 is 2.90 bits per heavy atom. The van der Waals surface area contributed by atoms with Gasteiger partial charge < -0.3 is 9.80 Å². The van der Waals surface area contributed by atoms with Crippen LogP contribution < -0.4 is 0 Å². The summed E-state index contributed by atoms with van der Waals surface area (Å²) in [5.41, 5.74) is 0.870. The van der Waals surface area contributed by atoms with Gasteiger partial charge in [-0.05, 0) is 43.2 Å². The summed E-state index contributed by atoms with van der Waals surface area (Å²) in [6, 6.07) is 6.01. The van der Waals surface area contributed by atoms with Crippen molar-refractivity contribution in [1.29, 1.82) is 0 Å². The summed E-state index contributed by atoms with van der Waals surface area (Å²) in [5.74, 6) is 7.15. The highest BCUT2D eigenvalue weighted by Gasteiger charge is 2.60. The summed E-state index contributed by atoms with van der Waals surface area (Å²) < 4.78 is 0. The Kier molecular flexibility index (Phi) is 2.88. The number of aromatic nitrogens is 1. The molecule has 0 bridgehead atoms. The highest BCUT2D eigenvalue weighted by atomic mass is 16.2. The Balaban J connectivity index is 1.45. The largest absolute Gasteiger partial charge is 0.325 e. The van der Waals surface area contributed by atoms with Crippen LogP contribution in [0.15, 0.2) is 24.4 Å². The summed E-state index contributed by atoms with van der Waals surface area (Å²) in [6.45, 7) is 3.53. The zero-order valence-electron chi connectivity index (χ0n) is 12.1. The monoisotopic (exact) mass is 281 g/mol. The van der Waals surface area contributed by atoms with Crippen molar-refractivity contribution in [3.63, 3.8) is 0 Å². The van der Waals surface area contributed by atoms with Gasteiger partial charge >= 0.3 is 6.03 Å². The smallest absolute Gasteiger partial charge is 0.320 e. The van der Waals surface area contributed by atoms with Crippen LogP contribution in [0.5, 0.6) is 0 Å². The second-order valence-electron chi connectivity index (χ2n) is 6.38. The highest BCUT2D eigenvalue weighted by Crippen LogP contribution is 2.57. The van der Waals surface area contributed by atoms with Gasteiger partial charge in [-0.25, -0.2) is 9.78 Å². The minimum Gasteiger partial charge on any atom is -0.325 e. The number of nitrogens with zero attached hydrogens (tertiary/aromatic N) is 3. The van der Waals surface area contributed by atoms with Crippen LogP contribution in [-0.4, -0.2) is 47.0 Å². The number of piperidine rings is 1. The molecule has 1 aromatic heterocycles. The van der Waals surface area contributed by atoms with Crippen molar-refractivity contribution in [1.82, 2.24) is 14.8 Å². The first-order valence-corrected chi connectivity index (χ1v) is 7.75. The van der Waals surface area contributed by atoms with Crippen LogP contribution in [0.4, 0.5) is 4.79 Å². The summed E-state index contributed by atoms with van der Waals surface area (Å²) in [6.07, 6.45) is 5.20. The van der Waals surface area contributed by atoms with E-state index in [9.17, 15) is 4.79 Å². The second kappa shape index (κ2) is 4.77. The minimum absolute atomic E-state index is 0.0485. The molecule has 0 aromatic carbocycles. The maximum absolute atomic E-state index is 12.4. The zero-order valence-corrected chi connectivity index (χ0v) is 12.1. The van der Waals surface area contributed by atoms with Crippen LogP contribution in [0.25, 0.3) is 0 Å². The lowest BCUT2D eigenvalue weighted by molar-refractivity contribution is 0.166. The van der Waals surface area contributed by atoms with Gasteiger partial charge in [0.25, 0.3) is 0 Å². The minimum atomic E-state index is 0.0485. The maximum atomic E-state index is 12.4. The van der Waals surface area contributed by atoms with E-state index in [0.717, 1.165) is 51.1 Å². The zero-order chi connectivity index (χ0) is 14.3. The van der Waals surface area contributed by atoms with Gasteiger partial charge in [0.2, 0.25) is 0 Å². The van der Waals surface area contributed by atoms with Gasteiger partial charge in [0, 0.05) is 32.4 Å². The molecule has 1 saturated carbocycles. The van der Waals surface area contributed by atoms with E-state index in [2.05, 4.69) is 16.8 Å². The van der Waals surface area contributed by atoms with Gasteiger partial charge in [0.15, 0.2) is 0 Å². The molecule has 4 heteroatoms. The van der Waals surface area contributed by atoms with Crippen molar-refractivity contribution < 1.29 is 4.79 Å². The molecule has 4 nitrogen and oxygen atoms in total. The summed E-state index contributed by atoms with van der Waals surface area (Å²) in [4.78, 5) is 20.7. The van der Waals surface area contributed by atoms with E-state index in [-0.39, 0.29) is 11.4 Å². The fraction of sp³-hybridized carbons (Fsp3) is 0.529. The lowest BCUT2D eigenvalue weighted by Crippen LogP contribution is -2.41. The number of amides is 2. The normalized spacial score (nSPS) is 29.8. The third kappa shape index (κ3) is 2.27.